The van der Waals surface area contributed by atoms with Crippen molar-refractivity contribution < 1.29 is 4.74 Å². The first-order valence-corrected chi connectivity index (χ1v) is 4.60. The number of rotatable bonds is 8. The third kappa shape index (κ3) is 7.37. The molecule has 4 heteroatoms. The van der Waals surface area contributed by atoms with Crippen molar-refractivity contribution >= 4 is 0 Å². The lowest BCUT2D eigenvalue weighted by atomic mass is 10.2. The summed E-state index contributed by atoms with van der Waals surface area (Å²) in [5.41, 5.74) is 8.06. The van der Waals surface area contributed by atoms with Crippen molar-refractivity contribution in [3.63, 3.8) is 0 Å². The first-order chi connectivity index (χ1) is 6.35. The van der Waals surface area contributed by atoms with E-state index in [1.54, 1.807) is 6.08 Å². The molecule has 0 amide bonds. The van der Waals surface area contributed by atoms with Crippen LogP contribution in [0.1, 0.15) is 26.2 Å². The van der Waals surface area contributed by atoms with E-state index in [0.29, 0.717) is 6.54 Å². The van der Waals surface area contributed by atoms with Crippen molar-refractivity contribution in [2.75, 3.05) is 13.2 Å². The number of nitrogens with zero attached hydrogens (tertiary/aromatic N) is 3. The van der Waals surface area contributed by atoms with Gasteiger partial charge in [0.1, 0.15) is 0 Å². The van der Waals surface area contributed by atoms with Crippen LogP contribution in [0.3, 0.4) is 0 Å². The van der Waals surface area contributed by atoms with Crippen molar-refractivity contribution in [3.8, 4) is 0 Å². The molecule has 13 heavy (non-hydrogen) atoms. The van der Waals surface area contributed by atoms with Crippen molar-refractivity contribution in [3.05, 3.63) is 23.1 Å². The van der Waals surface area contributed by atoms with Gasteiger partial charge in [-0.3, -0.25) is 0 Å². The zero-order valence-corrected chi connectivity index (χ0v) is 8.15. The monoisotopic (exact) mass is 183 g/mol. The van der Waals surface area contributed by atoms with Crippen LogP contribution in [0.15, 0.2) is 17.8 Å². The van der Waals surface area contributed by atoms with Gasteiger partial charge in [0.25, 0.3) is 0 Å². The molecule has 0 bridgehead atoms. The van der Waals surface area contributed by atoms with E-state index in [1.165, 1.54) is 0 Å². The van der Waals surface area contributed by atoms with Crippen molar-refractivity contribution in [1.29, 1.82) is 0 Å². The van der Waals surface area contributed by atoms with E-state index in [-0.39, 0.29) is 6.10 Å². The van der Waals surface area contributed by atoms with Gasteiger partial charge in [-0.05, 0) is 18.4 Å². The zero-order valence-electron chi connectivity index (χ0n) is 8.15. The Morgan fingerprint density at radius 1 is 1.69 bits per heavy atom. The number of azide groups is 1. The van der Waals surface area contributed by atoms with Gasteiger partial charge in [-0.2, -0.15) is 0 Å². The Bertz CT molecular complexity index is 176. The Balaban J connectivity index is 3.50. The van der Waals surface area contributed by atoms with Gasteiger partial charge in [-0.1, -0.05) is 24.5 Å². The highest BCUT2D eigenvalue weighted by Crippen LogP contribution is 2.02. The maximum absolute atomic E-state index is 8.06. The smallest absolute Gasteiger partial charge is 0.0754 e. The molecule has 0 aromatic rings. The lowest BCUT2D eigenvalue weighted by Crippen LogP contribution is -2.11. The minimum absolute atomic E-state index is 0.0250. The summed E-state index contributed by atoms with van der Waals surface area (Å²) in [6, 6.07) is 0. The third-order valence-electron chi connectivity index (χ3n) is 1.67. The molecule has 4 nitrogen and oxygen atoms in total. The topological polar surface area (TPSA) is 58.0 Å². The van der Waals surface area contributed by atoms with E-state index in [2.05, 4.69) is 23.5 Å². The summed E-state index contributed by atoms with van der Waals surface area (Å²) in [6.07, 6.45) is 4.68. The summed E-state index contributed by atoms with van der Waals surface area (Å²) in [4.78, 5) is 2.67. The Morgan fingerprint density at radius 2 is 2.46 bits per heavy atom. The number of hydrogen-bond donors (Lipinski definition) is 0. The van der Waals surface area contributed by atoms with Crippen LogP contribution in [0, 0.1) is 0 Å². The Morgan fingerprint density at radius 3 is 3.00 bits per heavy atom. The summed E-state index contributed by atoms with van der Waals surface area (Å²) in [5, 5.41) is 3.44. The van der Waals surface area contributed by atoms with Gasteiger partial charge in [0.05, 0.1) is 6.10 Å². The van der Waals surface area contributed by atoms with Crippen molar-refractivity contribution in [2.24, 2.45) is 5.11 Å². The molecule has 0 aromatic carbocycles. The molecular weight excluding hydrogens is 166 g/mol. The first-order valence-electron chi connectivity index (χ1n) is 4.60. The van der Waals surface area contributed by atoms with Crippen molar-refractivity contribution in [1.82, 2.24) is 0 Å². The fraction of sp³-hybridized carbons (Fsp3) is 0.778. The Hall–Kier alpha value is -0.990. The highest BCUT2D eigenvalue weighted by Gasteiger charge is 2.01. The highest BCUT2D eigenvalue weighted by atomic mass is 16.5. The van der Waals surface area contributed by atoms with Gasteiger partial charge in [0.15, 0.2) is 0 Å². The largest absolute Gasteiger partial charge is 0.374 e. The highest BCUT2D eigenvalue weighted by molar-refractivity contribution is 4.80. The molecule has 0 aromatic heterocycles. The van der Waals surface area contributed by atoms with Gasteiger partial charge in [-0.25, -0.2) is 0 Å². The molecule has 0 saturated carbocycles. The minimum atomic E-state index is 0.0250. The van der Waals surface area contributed by atoms with Crippen LogP contribution in [0.4, 0.5) is 0 Å². The van der Waals surface area contributed by atoms with E-state index in [0.717, 1.165) is 25.9 Å². The van der Waals surface area contributed by atoms with Crippen LogP contribution in [-0.4, -0.2) is 19.3 Å². The van der Waals surface area contributed by atoms with Crippen LogP contribution in [-0.2, 0) is 4.74 Å². The third-order valence-corrected chi connectivity index (χ3v) is 1.67. The molecule has 0 saturated heterocycles. The SMILES string of the molecule is C=C[C@@H](CCN=[N+]=[N-])OCCCC. The normalized spacial score (nSPS) is 11.8. The summed E-state index contributed by atoms with van der Waals surface area (Å²) in [7, 11) is 0. The molecule has 0 aliphatic rings. The second-order valence-corrected chi connectivity index (χ2v) is 2.74. The second-order valence-electron chi connectivity index (χ2n) is 2.74. The molecule has 0 spiro atoms. The zero-order chi connectivity index (χ0) is 9.94. The van der Waals surface area contributed by atoms with Gasteiger partial charge < -0.3 is 4.74 Å². The van der Waals surface area contributed by atoms with Gasteiger partial charge in [-0.15, -0.1) is 6.58 Å². The fourth-order valence-electron chi connectivity index (χ4n) is 0.878. The van der Waals surface area contributed by atoms with Crippen LogP contribution >= 0.6 is 0 Å². The maximum atomic E-state index is 8.06. The average Bonchev–Trinajstić information content (AvgIpc) is 2.16. The summed E-state index contributed by atoms with van der Waals surface area (Å²) in [5.74, 6) is 0. The van der Waals surface area contributed by atoms with E-state index >= 15 is 0 Å². The van der Waals surface area contributed by atoms with Gasteiger partial charge in [0, 0.05) is 18.1 Å². The molecule has 0 N–H and O–H groups in total. The van der Waals surface area contributed by atoms with Crippen LogP contribution in [0.2, 0.25) is 0 Å². The maximum Gasteiger partial charge on any atom is 0.0754 e. The number of hydrogen-bond acceptors (Lipinski definition) is 2. The van der Waals surface area contributed by atoms with E-state index < -0.39 is 0 Å². The molecule has 74 valence electrons. The Kier molecular flexibility index (Phi) is 8.41. The van der Waals surface area contributed by atoms with Crippen LogP contribution in [0.5, 0.6) is 0 Å². The fourth-order valence-corrected chi connectivity index (χ4v) is 0.878. The minimum Gasteiger partial charge on any atom is -0.374 e. The van der Waals surface area contributed by atoms with Gasteiger partial charge >= 0.3 is 0 Å². The van der Waals surface area contributed by atoms with Crippen LogP contribution < -0.4 is 0 Å². The number of unbranched alkanes of at least 4 members (excludes halogenated alkanes) is 1. The van der Waals surface area contributed by atoms with Crippen LogP contribution in [0.25, 0.3) is 10.4 Å². The molecular formula is C9H17N3O. The molecule has 0 rings (SSSR count). The quantitative estimate of drug-likeness (QED) is 0.187. The summed E-state index contributed by atoms with van der Waals surface area (Å²) in [6.45, 7) is 7.00. The Labute approximate surface area is 79.2 Å². The first kappa shape index (κ1) is 12.0. The van der Waals surface area contributed by atoms with E-state index in [4.69, 9.17) is 10.3 Å². The predicted molar refractivity (Wildman–Crippen MR) is 53.5 cm³/mol. The molecule has 0 aliphatic carbocycles. The number of ether oxygens (including phenoxy) is 1. The van der Waals surface area contributed by atoms with Gasteiger partial charge in [0.2, 0.25) is 0 Å². The van der Waals surface area contributed by atoms with E-state index in [1.807, 2.05) is 0 Å². The molecule has 0 aliphatic heterocycles. The molecule has 0 fully saturated rings. The summed E-state index contributed by atoms with van der Waals surface area (Å²) < 4.78 is 5.48. The lowest BCUT2D eigenvalue weighted by Gasteiger charge is -2.11. The molecule has 0 heterocycles. The predicted octanol–water partition coefficient (Wildman–Crippen LogP) is 3.06. The van der Waals surface area contributed by atoms with E-state index in [9.17, 15) is 0 Å². The lowest BCUT2D eigenvalue weighted by molar-refractivity contribution is 0.0791. The molecule has 0 radical (unpaired) electrons. The second kappa shape index (κ2) is 9.10. The molecule has 0 unspecified atom stereocenters. The standard InChI is InChI=1S/C9H17N3O/c1-3-5-8-13-9(4-2)6-7-11-12-10/h4,9H,2-3,5-8H2,1H3/t9-/m0/s1. The molecule has 1 atom stereocenters. The summed E-state index contributed by atoms with van der Waals surface area (Å²) >= 11 is 0. The average molecular weight is 183 g/mol. The van der Waals surface area contributed by atoms with Crippen molar-refractivity contribution in [2.45, 2.75) is 32.3 Å².